The summed E-state index contributed by atoms with van der Waals surface area (Å²) in [5, 5.41) is 5.62. The number of amides is 2. The molecule has 6 nitrogen and oxygen atoms in total. The van der Waals surface area contributed by atoms with Gasteiger partial charge in [0.2, 0.25) is 0 Å². The zero-order valence-corrected chi connectivity index (χ0v) is 16.5. The summed E-state index contributed by atoms with van der Waals surface area (Å²) in [6.45, 7) is 4.07. The summed E-state index contributed by atoms with van der Waals surface area (Å²) in [5.41, 5.74) is 1.76. The fourth-order valence-corrected chi connectivity index (χ4v) is 2.84. The minimum absolute atomic E-state index is 0.266. The molecule has 2 N–H and O–H groups in total. The number of para-hydroxylation sites is 2. The largest absolute Gasteiger partial charge is 0.480 e. The van der Waals surface area contributed by atoms with Crippen LogP contribution in [0.1, 0.15) is 35.0 Å². The van der Waals surface area contributed by atoms with E-state index in [0.717, 1.165) is 5.56 Å². The second kappa shape index (κ2) is 9.59. The van der Waals surface area contributed by atoms with Crippen molar-refractivity contribution in [1.29, 1.82) is 0 Å². The molecule has 29 heavy (non-hydrogen) atoms. The first-order valence-electron chi connectivity index (χ1n) is 9.51. The minimum Gasteiger partial charge on any atom is -0.480 e. The van der Waals surface area contributed by atoms with Crippen LogP contribution in [0.5, 0.6) is 5.75 Å². The molecule has 1 atom stereocenters. The van der Waals surface area contributed by atoms with Crippen LogP contribution in [0.15, 0.2) is 71.3 Å². The summed E-state index contributed by atoms with van der Waals surface area (Å²) < 4.78 is 11.1. The maximum atomic E-state index is 12.8. The zero-order valence-electron chi connectivity index (χ0n) is 16.5. The smallest absolute Gasteiger partial charge is 0.265 e. The van der Waals surface area contributed by atoms with Gasteiger partial charge in [-0.2, -0.15) is 0 Å². The van der Waals surface area contributed by atoms with Crippen molar-refractivity contribution in [3.05, 3.63) is 83.8 Å². The predicted molar refractivity (Wildman–Crippen MR) is 111 cm³/mol. The van der Waals surface area contributed by atoms with E-state index in [-0.39, 0.29) is 18.4 Å². The van der Waals surface area contributed by atoms with Crippen molar-refractivity contribution < 1.29 is 18.7 Å². The van der Waals surface area contributed by atoms with E-state index in [9.17, 15) is 9.59 Å². The number of furan rings is 1. The Morgan fingerprint density at radius 3 is 2.52 bits per heavy atom. The Morgan fingerprint density at radius 2 is 1.79 bits per heavy atom. The molecule has 0 aliphatic rings. The van der Waals surface area contributed by atoms with E-state index in [1.54, 1.807) is 42.7 Å². The van der Waals surface area contributed by atoms with E-state index in [1.165, 1.54) is 0 Å². The van der Waals surface area contributed by atoms with Crippen LogP contribution in [0.25, 0.3) is 0 Å². The van der Waals surface area contributed by atoms with E-state index in [0.29, 0.717) is 29.2 Å². The molecule has 150 valence electrons. The molecule has 0 unspecified atom stereocenters. The number of nitrogens with one attached hydrogen (secondary N) is 2. The van der Waals surface area contributed by atoms with Gasteiger partial charge in [0, 0.05) is 0 Å². The van der Waals surface area contributed by atoms with E-state index < -0.39 is 6.10 Å². The number of carbonyl (C=O) groups excluding carboxylic acids is 2. The summed E-state index contributed by atoms with van der Waals surface area (Å²) >= 11 is 0. The monoisotopic (exact) mass is 392 g/mol. The number of carbonyl (C=O) groups is 2. The SMILES string of the molecule is CC[C@@H](Oc1ccccc1C)C(=O)Nc1ccccc1C(=O)NCc1ccco1. The highest BCUT2D eigenvalue weighted by Gasteiger charge is 2.21. The van der Waals surface area contributed by atoms with E-state index in [2.05, 4.69) is 10.6 Å². The molecule has 0 radical (unpaired) electrons. The van der Waals surface area contributed by atoms with Crippen molar-refractivity contribution in [3.8, 4) is 5.75 Å². The fourth-order valence-electron chi connectivity index (χ4n) is 2.84. The molecular weight excluding hydrogens is 368 g/mol. The van der Waals surface area contributed by atoms with Crippen molar-refractivity contribution in [2.75, 3.05) is 5.32 Å². The summed E-state index contributed by atoms with van der Waals surface area (Å²) in [4.78, 5) is 25.4. The Hall–Kier alpha value is -3.54. The van der Waals surface area contributed by atoms with Gasteiger partial charge in [-0.1, -0.05) is 37.3 Å². The highest BCUT2D eigenvalue weighted by molar-refractivity contribution is 6.04. The normalized spacial score (nSPS) is 11.5. The predicted octanol–water partition coefficient (Wildman–Crippen LogP) is 4.31. The minimum atomic E-state index is -0.671. The topological polar surface area (TPSA) is 80.6 Å². The number of anilines is 1. The number of hydrogen-bond donors (Lipinski definition) is 2. The quantitative estimate of drug-likeness (QED) is 0.598. The number of rotatable bonds is 8. The molecular formula is C23H24N2O4. The molecule has 0 saturated carbocycles. The molecule has 0 fully saturated rings. The molecule has 2 amide bonds. The summed E-state index contributed by atoms with van der Waals surface area (Å²) in [7, 11) is 0. The average Bonchev–Trinajstić information content (AvgIpc) is 3.25. The van der Waals surface area contributed by atoms with E-state index in [4.69, 9.17) is 9.15 Å². The number of hydrogen-bond acceptors (Lipinski definition) is 4. The lowest BCUT2D eigenvalue weighted by Gasteiger charge is -2.19. The van der Waals surface area contributed by atoms with Crippen molar-refractivity contribution in [2.24, 2.45) is 0 Å². The van der Waals surface area contributed by atoms with Crippen molar-refractivity contribution in [3.63, 3.8) is 0 Å². The number of aryl methyl sites for hydroxylation is 1. The van der Waals surface area contributed by atoms with Gasteiger partial charge in [0.1, 0.15) is 11.5 Å². The average molecular weight is 392 g/mol. The highest BCUT2D eigenvalue weighted by Crippen LogP contribution is 2.21. The molecule has 0 spiro atoms. The molecule has 3 rings (SSSR count). The number of ether oxygens (including phenoxy) is 1. The summed E-state index contributed by atoms with van der Waals surface area (Å²) in [5.74, 6) is 0.712. The Balaban J connectivity index is 1.69. The first-order chi connectivity index (χ1) is 14.1. The van der Waals surface area contributed by atoms with Gasteiger partial charge in [-0.15, -0.1) is 0 Å². The third-order valence-electron chi connectivity index (χ3n) is 4.46. The van der Waals surface area contributed by atoms with Gasteiger partial charge >= 0.3 is 0 Å². The van der Waals surface area contributed by atoms with Crippen LogP contribution in [0.4, 0.5) is 5.69 Å². The third kappa shape index (κ3) is 5.25. The lowest BCUT2D eigenvalue weighted by molar-refractivity contribution is -0.122. The van der Waals surface area contributed by atoms with Gasteiger partial charge in [0.25, 0.3) is 11.8 Å². The second-order valence-electron chi connectivity index (χ2n) is 6.58. The van der Waals surface area contributed by atoms with Gasteiger partial charge in [0.15, 0.2) is 6.10 Å². The Morgan fingerprint density at radius 1 is 1.03 bits per heavy atom. The third-order valence-corrected chi connectivity index (χ3v) is 4.46. The Bertz CT molecular complexity index is 967. The van der Waals surface area contributed by atoms with Crippen LogP contribution in [0.2, 0.25) is 0 Å². The molecule has 2 aromatic carbocycles. The van der Waals surface area contributed by atoms with Gasteiger partial charge in [0.05, 0.1) is 24.1 Å². The standard InChI is InChI=1S/C23H24N2O4/c1-3-20(29-21-13-7-4-9-16(21)2)23(27)25-19-12-6-5-11-18(19)22(26)24-15-17-10-8-14-28-17/h4-14,20H,3,15H2,1-2H3,(H,24,26)(H,25,27)/t20-/m1/s1. The summed E-state index contributed by atoms with van der Waals surface area (Å²) in [6, 6.07) is 18.0. The molecule has 1 aromatic heterocycles. The molecule has 0 saturated heterocycles. The van der Waals surface area contributed by atoms with Crippen LogP contribution < -0.4 is 15.4 Å². The van der Waals surface area contributed by atoms with Crippen molar-refractivity contribution in [2.45, 2.75) is 32.9 Å². The number of benzene rings is 2. The lowest BCUT2D eigenvalue weighted by atomic mass is 10.1. The molecule has 0 aliphatic carbocycles. The van der Waals surface area contributed by atoms with Gasteiger partial charge in [-0.3, -0.25) is 9.59 Å². The van der Waals surface area contributed by atoms with Gasteiger partial charge < -0.3 is 19.8 Å². The van der Waals surface area contributed by atoms with Crippen LogP contribution in [-0.4, -0.2) is 17.9 Å². The molecule has 6 heteroatoms. The first-order valence-corrected chi connectivity index (χ1v) is 9.51. The van der Waals surface area contributed by atoms with Crippen LogP contribution >= 0.6 is 0 Å². The van der Waals surface area contributed by atoms with Crippen molar-refractivity contribution in [1.82, 2.24) is 5.32 Å². The maximum Gasteiger partial charge on any atom is 0.265 e. The van der Waals surface area contributed by atoms with E-state index >= 15 is 0 Å². The first kappa shape index (κ1) is 20.2. The molecule has 0 aliphatic heterocycles. The molecule has 1 heterocycles. The zero-order chi connectivity index (χ0) is 20.6. The van der Waals surface area contributed by atoms with Crippen LogP contribution in [0, 0.1) is 6.92 Å². The van der Waals surface area contributed by atoms with Crippen LogP contribution in [0.3, 0.4) is 0 Å². The Kier molecular flexibility index (Phi) is 6.68. The van der Waals surface area contributed by atoms with Gasteiger partial charge in [-0.25, -0.2) is 0 Å². The van der Waals surface area contributed by atoms with Crippen LogP contribution in [-0.2, 0) is 11.3 Å². The highest BCUT2D eigenvalue weighted by atomic mass is 16.5. The second-order valence-corrected chi connectivity index (χ2v) is 6.58. The van der Waals surface area contributed by atoms with E-state index in [1.807, 2.05) is 38.1 Å². The molecule has 3 aromatic rings. The maximum absolute atomic E-state index is 12.8. The van der Waals surface area contributed by atoms with Crippen molar-refractivity contribution >= 4 is 17.5 Å². The molecule has 0 bridgehead atoms. The fraction of sp³-hybridized carbons (Fsp3) is 0.217. The summed E-state index contributed by atoms with van der Waals surface area (Å²) in [6.07, 6.45) is 1.37. The van der Waals surface area contributed by atoms with Gasteiger partial charge in [-0.05, 0) is 49.2 Å². The lowest BCUT2D eigenvalue weighted by Crippen LogP contribution is -2.33. The Labute approximate surface area is 169 Å².